The Kier molecular flexibility index (Phi) is 7.37. The second-order valence-corrected chi connectivity index (χ2v) is 9.80. The summed E-state index contributed by atoms with van der Waals surface area (Å²) >= 11 is 18.0. The van der Waals surface area contributed by atoms with Crippen LogP contribution >= 0.6 is 42.4 Å². The summed E-state index contributed by atoms with van der Waals surface area (Å²) in [5.74, 6) is -2.01. The van der Waals surface area contributed by atoms with Gasteiger partial charge in [0.2, 0.25) is 3.79 Å². The lowest BCUT2D eigenvalue weighted by Crippen LogP contribution is -2.44. The van der Waals surface area contributed by atoms with Crippen LogP contribution in [0.1, 0.15) is 24.2 Å². The monoisotopic (exact) mass is 437 g/mol. The molecule has 0 bridgehead atoms. The lowest BCUT2D eigenvalue weighted by Gasteiger charge is -2.31. The highest BCUT2D eigenvalue weighted by Gasteiger charge is 2.49. The first kappa shape index (κ1) is 21.5. The molecule has 5 nitrogen and oxygen atoms in total. The van der Waals surface area contributed by atoms with E-state index in [9.17, 15) is 9.36 Å². The Hall–Kier alpha value is -0.810. The normalized spacial score (nSPS) is 13.6. The summed E-state index contributed by atoms with van der Waals surface area (Å²) in [7, 11) is -3.91. The number of hydrogen-bond acceptors (Lipinski definition) is 4. The third kappa shape index (κ3) is 4.92. The molecule has 0 saturated carbocycles. The number of carbonyl (C=O) groups is 1. The van der Waals surface area contributed by atoms with E-state index in [2.05, 4.69) is 5.32 Å². The molecule has 0 fully saturated rings. The van der Waals surface area contributed by atoms with Crippen molar-refractivity contribution in [3.63, 3.8) is 0 Å². The first-order valence-corrected chi connectivity index (χ1v) is 10.7. The number of rotatable bonds is 7. The molecule has 0 saturated heterocycles. The zero-order valence-corrected chi connectivity index (χ0v) is 17.4. The van der Waals surface area contributed by atoms with E-state index in [1.807, 2.05) is 24.3 Å². The van der Waals surface area contributed by atoms with Gasteiger partial charge in [-0.15, -0.1) is 0 Å². The number of amides is 1. The fraction of sp³-hybridized carbons (Fsp3) is 0.353. The maximum Gasteiger partial charge on any atom is 0.357 e. The molecule has 2 rings (SSSR count). The van der Waals surface area contributed by atoms with Crippen molar-refractivity contribution in [3.05, 3.63) is 48.0 Å². The van der Waals surface area contributed by atoms with Crippen LogP contribution in [-0.2, 0) is 13.6 Å². The zero-order chi connectivity index (χ0) is 19.4. The van der Waals surface area contributed by atoms with Crippen LogP contribution < -0.4 is 5.32 Å². The van der Waals surface area contributed by atoms with Gasteiger partial charge in [0.05, 0.1) is 13.2 Å². The highest BCUT2D eigenvalue weighted by atomic mass is 35.6. The summed E-state index contributed by atoms with van der Waals surface area (Å²) in [4.78, 5) is 12.9. The largest absolute Gasteiger partial charge is 0.357 e. The van der Waals surface area contributed by atoms with Gasteiger partial charge < -0.3 is 14.4 Å². The van der Waals surface area contributed by atoms with Crippen LogP contribution in [0.5, 0.6) is 0 Å². The molecule has 1 amide bonds. The highest BCUT2D eigenvalue weighted by molar-refractivity contribution is 7.55. The molecule has 0 aromatic heterocycles. The number of hydrogen-bond donors (Lipinski definition) is 1. The third-order valence-corrected chi connectivity index (χ3v) is 7.04. The molecular weight excluding hydrogens is 420 g/mol. The van der Waals surface area contributed by atoms with Crippen LogP contribution in [0.4, 0.5) is 0 Å². The quantitative estimate of drug-likeness (QED) is 0.456. The Morgan fingerprint density at radius 1 is 1.08 bits per heavy atom. The molecule has 0 aliphatic heterocycles. The van der Waals surface area contributed by atoms with Crippen molar-refractivity contribution >= 4 is 59.1 Å². The van der Waals surface area contributed by atoms with Crippen molar-refractivity contribution in [2.24, 2.45) is 0 Å². The average Bonchev–Trinajstić information content (AvgIpc) is 2.58. The number of carbonyl (C=O) groups excluding carboxylic acids is 1. The van der Waals surface area contributed by atoms with Gasteiger partial charge in [-0.3, -0.25) is 9.36 Å². The molecule has 9 heteroatoms. The van der Waals surface area contributed by atoms with Gasteiger partial charge in [0.15, 0.2) is 5.78 Å². The molecule has 0 heterocycles. The van der Waals surface area contributed by atoms with Crippen molar-refractivity contribution < 1.29 is 18.4 Å². The van der Waals surface area contributed by atoms with Crippen molar-refractivity contribution in [1.82, 2.24) is 5.32 Å². The number of benzene rings is 2. The van der Waals surface area contributed by atoms with Gasteiger partial charge in [-0.1, -0.05) is 71.2 Å². The molecule has 1 N–H and O–H groups in total. The minimum Gasteiger partial charge on any atom is -0.334 e. The van der Waals surface area contributed by atoms with Gasteiger partial charge in [0.25, 0.3) is 5.91 Å². The average molecular weight is 439 g/mol. The fourth-order valence-corrected chi connectivity index (χ4v) is 5.48. The van der Waals surface area contributed by atoms with E-state index >= 15 is 0 Å². The van der Waals surface area contributed by atoms with Gasteiger partial charge in [0, 0.05) is 5.56 Å². The summed E-state index contributed by atoms with van der Waals surface area (Å²) in [6, 6.07) is 12.6. The van der Waals surface area contributed by atoms with Crippen LogP contribution in [0.15, 0.2) is 42.5 Å². The molecule has 0 spiro atoms. The minimum atomic E-state index is -3.91. The van der Waals surface area contributed by atoms with Crippen LogP contribution in [0.3, 0.4) is 0 Å². The molecule has 26 heavy (non-hydrogen) atoms. The predicted octanol–water partition coefficient (Wildman–Crippen LogP) is 5.53. The van der Waals surface area contributed by atoms with Crippen molar-refractivity contribution in [2.75, 3.05) is 13.2 Å². The van der Waals surface area contributed by atoms with Gasteiger partial charge in [-0.05, 0) is 30.7 Å². The lowest BCUT2D eigenvalue weighted by molar-refractivity contribution is 0.0939. The summed E-state index contributed by atoms with van der Waals surface area (Å²) in [5.41, 5.74) is 0.363. The first-order chi connectivity index (χ1) is 12.2. The summed E-state index contributed by atoms with van der Waals surface area (Å²) in [6.07, 6.45) is 0. The predicted molar refractivity (Wildman–Crippen MR) is 106 cm³/mol. The van der Waals surface area contributed by atoms with Crippen molar-refractivity contribution in [2.45, 2.75) is 23.4 Å². The van der Waals surface area contributed by atoms with Crippen LogP contribution in [0.2, 0.25) is 0 Å². The maximum atomic E-state index is 13.1. The van der Waals surface area contributed by atoms with E-state index in [0.717, 1.165) is 10.8 Å². The summed E-state index contributed by atoms with van der Waals surface area (Å²) < 4.78 is 21.5. The van der Waals surface area contributed by atoms with E-state index in [0.29, 0.717) is 5.56 Å². The standard InChI is InChI=1S/C17H19Cl3NO4P/c1-3-24-26(23,25-4-2)16(17(18,19)20)21-15(22)14-11-7-9-12-8-5-6-10-13(12)14/h5-11,16H,3-4H2,1-2H3,(H,21,22)/t16-/m1/s1. The summed E-state index contributed by atoms with van der Waals surface area (Å²) in [6.45, 7) is 3.40. The minimum absolute atomic E-state index is 0.0681. The van der Waals surface area contributed by atoms with Crippen molar-refractivity contribution in [1.29, 1.82) is 0 Å². The Labute approximate surface area is 167 Å². The SMILES string of the molecule is CCOP(=O)(OCC)[C@@H](NC(=O)c1cccc2ccccc12)C(Cl)(Cl)Cl. The van der Waals surface area contributed by atoms with Gasteiger partial charge >= 0.3 is 7.60 Å². The van der Waals surface area contributed by atoms with Crippen LogP contribution in [-0.4, -0.2) is 28.7 Å². The number of halogens is 3. The Bertz CT molecular complexity index is 810. The molecule has 0 aliphatic rings. The smallest absolute Gasteiger partial charge is 0.334 e. The number of fused-ring (bicyclic) bond motifs is 1. The van der Waals surface area contributed by atoms with Crippen LogP contribution in [0.25, 0.3) is 10.8 Å². The van der Waals surface area contributed by atoms with Crippen molar-refractivity contribution in [3.8, 4) is 0 Å². The highest BCUT2D eigenvalue weighted by Crippen LogP contribution is 2.58. The molecule has 1 atom stereocenters. The molecule has 0 unspecified atom stereocenters. The van der Waals surface area contributed by atoms with E-state index in [-0.39, 0.29) is 13.2 Å². The maximum absolute atomic E-state index is 13.1. The summed E-state index contributed by atoms with van der Waals surface area (Å²) in [5, 5.41) is 4.13. The van der Waals surface area contributed by atoms with Gasteiger partial charge in [0.1, 0.15) is 0 Å². The zero-order valence-electron chi connectivity index (χ0n) is 14.2. The Morgan fingerprint density at radius 3 is 2.23 bits per heavy atom. The third-order valence-electron chi connectivity index (χ3n) is 3.55. The molecule has 0 aliphatic carbocycles. The molecule has 2 aromatic carbocycles. The molecular formula is C17H19Cl3NO4P. The number of nitrogens with one attached hydrogen (secondary N) is 1. The van der Waals surface area contributed by atoms with E-state index in [1.165, 1.54) is 0 Å². The Morgan fingerprint density at radius 2 is 1.65 bits per heavy atom. The van der Waals surface area contributed by atoms with E-state index in [4.69, 9.17) is 43.9 Å². The lowest BCUT2D eigenvalue weighted by atomic mass is 10.0. The van der Waals surface area contributed by atoms with E-state index in [1.54, 1.807) is 32.0 Å². The van der Waals surface area contributed by atoms with Gasteiger partial charge in [-0.25, -0.2) is 0 Å². The topological polar surface area (TPSA) is 64.6 Å². The second-order valence-electron chi connectivity index (χ2n) is 5.32. The fourth-order valence-electron chi connectivity index (χ4n) is 2.51. The number of alkyl halides is 3. The van der Waals surface area contributed by atoms with Gasteiger partial charge in [-0.2, -0.15) is 0 Å². The molecule has 142 valence electrons. The Balaban J connectivity index is 2.42. The molecule has 2 aromatic rings. The second kappa shape index (κ2) is 8.92. The molecule has 0 radical (unpaired) electrons. The van der Waals surface area contributed by atoms with E-state index < -0.39 is 23.1 Å². The van der Waals surface area contributed by atoms with Crippen LogP contribution in [0, 0.1) is 0 Å². The first-order valence-electron chi connectivity index (χ1n) is 7.97.